The van der Waals surface area contributed by atoms with Crippen molar-refractivity contribution in [3.8, 4) is 0 Å². The van der Waals surface area contributed by atoms with Crippen molar-refractivity contribution in [2.45, 2.75) is 37.6 Å². The van der Waals surface area contributed by atoms with Crippen LogP contribution in [0.5, 0.6) is 0 Å². The first-order chi connectivity index (χ1) is 8.97. The molecule has 0 aliphatic carbocycles. The maximum atomic E-state index is 12.6. The van der Waals surface area contributed by atoms with Gasteiger partial charge in [-0.05, 0) is 37.1 Å². The second-order valence-electron chi connectivity index (χ2n) is 4.23. The van der Waals surface area contributed by atoms with Crippen molar-refractivity contribution in [3.63, 3.8) is 0 Å². The third-order valence-corrected chi connectivity index (χ3v) is 5.74. The molecule has 0 aromatic heterocycles. The van der Waals surface area contributed by atoms with E-state index in [0.717, 1.165) is 17.3 Å². The number of rotatable bonds is 7. The minimum absolute atomic E-state index is 0.00704. The number of benzene rings is 1. The van der Waals surface area contributed by atoms with Crippen molar-refractivity contribution in [2.75, 3.05) is 12.4 Å². The Bertz CT molecular complexity index is 486. The van der Waals surface area contributed by atoms with E-state index < -0.39 is 10.0 Å². The summed E-state index contributed by atoms with van der Waals surface area (Å²) in [5.41, 5.74) is 0. The summed E-state index contributed by atoms with van der Waals surface area (Å²) >= 11 is 9.07. The molecule has 3 nitrogen and oxygen atoms in total. The van der Waals surface area contributed by atoms with Gasteiger partial charge in [0.15, 0.2) is 0 Å². The smallest absolute Gasteiger partial charge is 0.207 e. The largest absolute Gasteiger partial charge is 0.243 e. The molecule has 0 fully saturated rings. The van der Waals surface area contributed by atoms with Crippen molar-refractivity contribution in [1.82, 2.24) is 4.31 Å². The lowest BCUT2D eigenvalue weighted by Gasteiger charge is -2.29. The molecule has 0 aliphatic rings. The highest BCUT2D eigenvalue weighted by Gasteiger charge is 2.28. The fourth-order valence-electron chi connectivity index (χ4n) is 2.02. The van der Waals surface area contributed by atoms with E-state index in [1.54, 1.807) is 24.3 Å². The van der Waals surface area contributed by atoms with Gasteiger partial charge in [-0.3, -0.25) is 0 Å². The van der Waals surface area contributed by atoms with Crippen LogP contribution in [0.25, 0.3) is 0 Å². The van der Waals surface area contributed by atoms with E-state index in [2.05, 4.69) is 15.9 Å². The summed E-state index contributed by atoms with van der Waals surface area (Å²) in [4.78, 5) is 0.313. The number of hydrogen-bond donors (Lipinski definition) is 0. The summed E-state index contributed by atoms with van der Waals surface area (Å²) in [5.74, 6) is 0.298. The number of halogens is 2. The lowest BCUT2D eigenvalue weighted by molar-refractivity contribution is 0.316. The zero-order chi connectivity index (χ0) is 14.5. The van der Waals surface area contributed by atoms with E-state index in [-0.39, 0.29) is 6.04 Å². The highest BCUT2D eigenvalue weighted by molar-refractivity contribution is 9.10. The molecule has 1 rings (SSSR count). The summed E-state index contributed by atoms with van der Waals surface area (Å²) in [6, 6.07) is 6.69. The van der Waals surface area contributed by atoms with E-state index in [0.29, 0.717) is 17.3 Å². The molecule has 0 saturated carbocycles. The molecule has 19 heavy (non-hydrogen) atoms. The molecule has 0 amide bonds. The molecule has 0 aliphatic heterocycles. The van der Waals surface area contributed by atoms with Crippen LogP contribution in [0, 0.1) is 0 Å². The second kappa shape index (κ2) is 7.62. The Morgan fingerprint density at radius 2 is 1.74 bits per heavy atom. The first kappa shape index (κ1) is 17.0. The molecule has 1 aromatic carbocycles. The highest BCUT2D eigenvalue weighted by Crippen LogP contribution is 2.23. The molecule has 108 valence electrons. The first-order valence-corrected chi connectivity index (χ1v) is 9.07. The van der Waals surface area contributed by atoms with Gasteiger partial charge in [-0.2, -0.15) is 4.31 Å². The zero-order valence-electron chi connectivity index (χ0n) is 11.1. The number of alkyl halides is 1. The van der Waals surface area contributed by atoms with Crippen molar-refractivity contribution in [3.05, 3.63) is 28.7 Å². The monoisotopic (exact) mass is 367 g/mol. The van der Waals surface area contributed by atoms with Gasteiger partial charge in [0, 0.05) is 22.9 Å². The van der Waals surface area contributed by atoms with Gasteiger partial charge in [0.2, 0.25) is 10.0 Å². The van der Waals surface area contributed by atoms with Gasteiger partial charge in [0.1, 0.15) is 0 Å². The van der Waals surface area contributed by atoms with Crippen molar-refractivity contribution >= 4 is 37.6 Å². The molecule has 0 spiro atoms. The van der Waals surface area contributed by atoms with Crippen LogP contribution in [-0.4, -0.2) is 31.2 Å². The van der Waals surface area contributed by atoms with Crippen molar-refractivity contribution < 1.29 is 8.42 Å². The highest BCUT2D eigenvalue weighted by atomic mass is 79.9. The van der Waals surface area contributed by atoms with Crippen LogP contribution in [0.3, 0.4) is 0 Å². The summed E-state index contributed by atoms with van der Waals surface area (Å²) in [6.07, 6.45) is 1.56. The molecule has 0 heterocycles. The minimum Gasteiger partial charge on any atom is -0.207 e. The van der Waals surface area contributed by atoms with Crippen LogP contribution < -0.4 is 0 Å². The van der Waals surface area contributed by atoms with E-state index in [1.165, 1.54) is 4.31 Å². The van der Waals surface area contributed by atoms with E-state index in [1.807, 2.05) is 13.8 Å². The quantitative estimate of drug-likeness (QED) is 0.685. The Balaban J connectivity index is 3.15. The van der Waals surface area contributed by atoms with Crippen molar-refractivity contribution in [1.29, 1.82) is 0 Å². The Hall–Kier alpha value is -0.100. The average molecular weight is 369 g/mol. The number of sulfonamides is 1. The van der Waals surface area contributed by atoms with Crippen LogP contribution in [0.2, 0.25) is 0 Å². The topological polar surface area (TPSA) is 37.4 Å². The molecule has 0 saturated heterocycles. The molecule has 0 bridgehead atoms. The Labute approximate surface area is 129 Å². The SMILES string of the molecule is CCC(CC)N(CCCl)S(=O)(=O)c1ccc(Br)cc1. The summed E-state index contributed by atoms with van der Waals surface area (Å²) in [5, 5.41) is 0. The Kier molecular flexibility index (Phi) is 6.80. The third-order valence-electron chi connectivity index (χ3n) is 3.07. The third kappa shape index (κ3) is 4.18. The van der Waals surface area contributed by atoms with Gasteiger partial charge in [0.25, 0.3) is 0 Å². The van der Waals surface area contributed by atoms with Gasteiger partial charge >= 0.3 is 0 Å². The fourth-order valence-corrected chi connectivity index (χ4v) is 4.34. The van der Waals surface area contributed by atoms with Gasteiger partial charge in [-0.15, -0.1) is 11.6 Å². The van der Waals surface area contributed by atoms with Crippen molar-refractivity contribution in [2.24, 2.45) is 0 Å². The lowest BCUT2D eigenvalue weighted by atomic mass is 10.2. The van der Waals surface area contributed by atoms with Gasteiger partial charge in [0.05, 0.1) is 4.90 Å². The summed E-state index contributed by atoms with van der Waals surface area (Å²) in [6.45, 7) is 4.32. The van der Waals surface area contributed by atoms with E-state index in [4.69, 9.17) is 11.6 Å². The van der Waals surface area contributed by atoms with Gasteiger partial charge in [-0.1, -0.05) is 29.8 Å². The van der Waals surface area contributed by atoms with Gasteiger partial charge in [-0.25, -0.2) is 8.42 Å². The molecule has 0 N–H and O–H groups in total. The molecule has 0 radical (unpaired) electrons. The fraction of sp³-hybridized carbons (Fsp3) is 0.538. The average Bonchev–Trinajstić information content (AvgIpc) is 2.39. The standard InChI is InChI=1S/C13H19BrClNO2S/c1-3-12(4-2)16(10-9-15)19(17,18)13-7-5-11(14)6-8-13/h5-8,12H,3-4,9-10H2,1-2H3. The predicted octanol–water partition coefficient (Wildman–Crippen LogP) is 3.87. The molecule has 0 unspecified atom stereocenters. The zero-order valence-corrected chi connectivity index (χ0v) is 14.3. The van der Waals surface area contributed by atoms with Crippen LogP contribution >= 0.6 is 27.5 Å². The Morgan fingerprint density at radius 3 is 2.16 bits per heavy atom. The normalized spacial score (nSPS) is 12.3. The second-order valence-corrected chi connectivity index (χ2v) is 7.41. The molecule has 0 atom stereocenters. The molecule has 6 heteroatoms. The molecular formula is C13H19BrClNO2S. The van der Waals surface area contributed by atoms with E-state index in [9.17, 15) is 8.42 Å². The van der Waals surface area contributed by atoms with Crippen LogP contribution in [0.1, 0.15) is 26.7 Å². The van der Waals surface area contributed by atoms with Crippen LogP contribution in [-0.2, 0) is 10.0 Å². The number of nitrogens with zero attached hydrogens (tertiary/aromatic N) is 1. The minimum atomic E-state index is -3.48. The van der Waals surface area contributed by atoms with Gasteiger partial charge < -0.3 is 0 Å². The summed E-state index contributed by atoms with van der Waals surface area (Å²) in [7, 11) is -3.48. The summed E-state index contributed by atoms with van der Waals surface area (Å²) < 4.78 is 27.7. The van der Waals surface area contributed by atoms with Crippen LogP contribution in [0.4, 0.5) is 0 Å². The maximum Gasteiger partial charge on any atom is 0.243 e. The lowest BCUT2D eigenvalue weighted by Crippen LogP contribution is -2.40. The number of hydrogen-bond acceptors (Lipinski definition) is 2. The molecule has 1 aromatic rings. The predicted molar refractivity (Wildman–Crippen MR) is 83.1 cm³/mol. The molecular weight excluding hydrogens is 350 g/mol. The maximum absolute atomic E-state index is 12.6. The first-order valence-electron chi connectivity index (χ1n) is 6.30. The van der Waals surface area contributed by atoms with E-state index >= 15 is 0 Å². The van der Waals surface area contributed by atoms with Crippen LogP contribution in [0.15, 0.2) is 33.6 Å². The Morgan fingerprint density at radius 1 is 1.21 bits per heavy atom.